The van der Waals surface area contributed by atoms with Crippen molar-refractivity contribution in [2.45, 2.75) is 13.5 Å². The third-order valence-electron chi connectivity index (χ3n) is 3.87. The maximum absolute atomic E-state index is 14.3. The third-order valence-corrected chi connectivity index (χ3v) is 4.90. The summed E-state index contributed by atoms with van der Waals surface area (Å²) in [5.74, 6) is -0.352. The Labute approximate surface area is 155 Å². The van der Waals surface area contributed by atoms with Crippen LogP contribution in [0, 0.1) is 12.7 Å². The molecule has 0 N–H and O–H groups in total. The molecule has 0 spiro atoms. The van der Waals surface area contributed by atoms with Crippen LogP contribution in [0.5, 0.6) is 11.6 Å². The first-order chi connectivity index (χ1) is 12.9. The summed E-state index contributed by atoms with van der Waals surface area (Å²) in [5.41, 5.74) is 2.56. The molecule has 0 aliphatic heterocycles. The average molecular weight is 391 g/mol. The highest BCUT2D eigenvalue weighted by molar-refractivity contribution is 7.21. The van der Waals surface area contributed by atoms with Crippen molar-refractivity contribution in [3.05, 3.63) is 41.8 Å². The molecule has 0 aliphatic rings. The Bertz CT molecular complexity index is 1160. The molecule has 0 unspecified atom stereocenters. The zero-order chi connectivity index (χ0) is 19.1. The molecule has 0 radical (unpaired) electrons. The lowest BCUT2D eigenvalue weighted by Crippen LogP contribution is -2.04. The predicted octanol–water partition coefficient (Wildman–Crippen LogP) is 4.96. The van der Waals surface area contributed by atoms with Gasteiger partial charge in [0.15, 0.2) is 5.82 Å². The summed E-state index contributed by atoms with van der Waals surface area (Å²) in [6.07, 6.45) is 1.13. The molecule has 27 heavy (non-hydrogen) atoms. The number of fused-ring (bicyclic) bond motifs is 2. The summed E-state index contributed by atoms with van der Waals surface area (Å²) >= 11 is 1.28. The Hall–Kier alpha value is -2.94. The molecule has 9 heteroatoms. The summed E-state index contributed by atoms with van der Waals surface area (Å²) in [7, 11) is 1.46. The van der Waals surface area contributed by atoms with Gasteiger partial charge in [0.2, 0.25) is 5.88 Å². The molecular formula is C18H12F3N3O2S. The summed E-state index contributed by atoms with van der Waals surface area (Å²) < 4.78 is 49.1. The highest BCUT2D eigenvalue weighted by Crippen LogP contribution is 2.37. The highest BCUT2D eigenvalue weighted by atomic mass is 32.1. The topological polar surface area (TPSA) is 57.1 Å². The van der Waals surface area contributed by atoms with Crippen molar-refractivity contribution in [1.82, 2.24) is 15.0 Å². The number of benzene rings is 2. The van der Waals surface area contributed by atoms with Gasteiger partial charge in [0.25, 0.3) is 0 Å². The van der Waals surface area contributed by atoms with Crippen LogP contribution in [-0.4, -0.2) is 28.7 Å². The summed E-state index contributed by atoms with van der Waals surface area (Å²) in [6.45, 7) is -1.15. The normalized spacial score (nSPS) is 11.5. The number of halogens is 3. The molecule has 0 fully saturated rings. The number of hydrogen-bond acceptors (Lipinski definition) is 6. The highest BCUT2D eigenvalue weighted by Gasteiger charge is 2.17. The molecule has 0 bridgehead atoms. The van der Waals surface area contributed by atoms with E-state index in [0.717, 1.165) is 11.8 Å². The Morgan fingerprint density at radius 2 is 1.89 bits per heavy atom. The Morgan fingerprint density at radius 1 is 1.07 bits per heavy atom. The van der Waals surface area contributed by atoms with Gasteiger partial charge >= 0.3 is 6.61 Å². The number of ether oxygens (including phenoxy) is 2. The first-order valence-corrected chi connectivity index (χ1v) is 8.63. The second-order valence-corrected chi connectivity index (χ2v) is 6.77. The standard InChI is InChI=1S/C18H12F3N3O2S/c1-8-3-10(15-12(4-8)23-14(7-22-15)26-18(20)21)17-24-16-11(19)5-9(25-2)6-13(16)27-17/h3-7,18H,1-2H3. The minimum absolute atomic E-state index is 0.232. The predicted molar refractivity (Wildman–Crippen MR) is 96.0 cm³/mol. The van der Waals surface area contributed by atoms with Gasteiger partial charge in [-0.1, -0.05) is 0 Å². The third kappa shape index (κ3) is 3.25. The van der Waals surface area contributed by atoms with Crippen molar-refractivity contribution in [3.63, 3.8) is 0 Å². The quantitative estimate of drug-likeness (QED) is 0.492. The van der Waals surface area contributed by atoms with E-state index in [4.69, 9.17) is 4.74 Å². The number of aromatic nitrogens is 3. The van der Waals surface area contributed by atoms with Crippen LogP contribution in [0.25, 0.3) is 31.8 Å². The molecule has 0 aliphatic carbocycles. The summed E-state index contributed by atoms with van der Waals surface area (Å²) in [4.78, 5) is 12.7. The van der Waals surface area contributed by atoms with Crippen LogP contribution >= 0.6 is 11.3 Å². The lowest BCUT2D eigenvalue weighted by molar-refractivity contribution is -0.0528. The Balaban J connectivity index is 1.90. The number of aryl methyl sites for hydroxylation is 1. The van der Waals surface area contributed by atoms with Crippen LogP contribution in [0.4, 0.5) is 13.2 Å². The fraction of sp³-hybridized carbons (Fsp3) is 0.167. The number of rotatable bonds is 4. The number of thiazole rings is 1. The number of nitrogens with zero attached hydrogens (tertiary/aromatic N) is 3. The van der Waals surface area contributed by atoms with Crippen LogP contribution in [0.3, 0.4) is 0 Å². The fourth-order valence-electron chi connectivity index (χ4n) is 2.76. The molecule has 5 nitrogen and oxygen atoms in total. The van der Waals surface area contributed by atoms with E-state index in [2.05, 4.69) is 19.7 Å². The van der Waals surface area contributed by atoms with Crippen LogP contribution in [0.2, 0.25) is 0 Å². The van der Waals surface area contributed by atoms with Crippen molar-refractivity contribution in [2.24, 2.45) is 0 Å². The van der Waals surface area contributed by atoms with E-state index in [1.807, 2.05) is 13.0 Å². The molecule has 2 aromatic heterocycles. The smallest absolute Gasteiger partial charge is 0.388 e. The zero-order valence-corrected chi connectivity index (χ0v) is 15.0. The van der Waals surface area contributed by atoms with Gasteiger partial charge in [0, 0.05) is 11.6 Å². The second kappa shape index (κ2) is 6.66. The lowest BCUT2D eigenvalue weighted by atomic mass is 10.1. The number of alkyl halides is 2. The van der Waals surface area contributed by atoms with Crippen molar-refractivity contribution < 1.29 is 22.6 Å². The van der Waals surface area contributed by atoms with Crippen LogP contribution in [-0.2, 0) is 0 Å². The molecule has 0 saturated heterocycles. The van der Waals surface area contributed by atoms with Gasteiger partial charge in [-0.05, 0) is 30.7 Å². The second-order valence-electron chi connectivity index (χ2n) is 5.74. The summed E-state index contributed by atoms with van der Waals surface area (Å²) in [6, 6.07) is 6.53. The van der Waals surface area contributed by atoms with Crippen molar-refractivity contribution in [1.29, 1.82) is 0 Å². The molecule has 4 aromatic rings. The molecule has 0 saturated carbocycles. The van der Waals surface area contributed by atoms with Gasteiger partial charge < -0.3 is 9.47 Å². The minimum atomic E-state index is -2.98. The van der Waals surface area contributed by atoms with E-state index in [9.17, 15) is 13.2 Å². The SMILES string of the molecule is COc1cc(F)c2nc(-c3cc(C)cc4nc(OC(F)F)cnc34)sc2c1. The first kappa shape index (κ1) is 17.5. The fourth-order valence-corrected chi connectivity index (χ4v) is 3.78. The van der Waals surface area contributed by atoms with Gasteiger partial charge in [0.1, 0.15) is 16.3 Å². The van der Waals surface area contributed by atoms with Crippen molar-refractivity contribution in [3.8, 4) is 22.2 Å². The molecule has 4 rings (SSSR count). The summed E-state index contributed by atoms with van der Waals surface area (Å²) in [5, 5.41) is 0.544. The van der Waals surface area contributed by atoms with Gasteiger partial charge in [-0.25, -0.2) is 19.3 Å². The molecule has 0 atom stereocenters. The maximum Gasteiger partial charge on any atom is 0.388 e. The van der Waals surface area contributed by atoms with Gasteiger partial charge in [0.05, 0.1) is 29.0 Å². The molecule has 138 valence electrons. The average Bonchev–Trinajstić information content (AvgIpc) is 3.04. The van der Waals surface area contributed by atoms with Crippen LogP contribution < -0.4 is 9.47 Å². The lowest BCUT2D eigenvalue weighted by Gasteiger charge is -2.07. The molecule has 0 amide bonds. The Kier molecular flexibility index (Phi) is 4.31. The molecule has 2 aromatic carbocycles. The van der Waals surface area contributed by atoms with Gasteiger partial charge in [-0.2, -0.15) is 8.78 Å². The van der Waals surface area contributed by atoms with E-state index in [-0.39, 0.29) is 11.4 Å². The van der Waals surface area contributed by atoms with E-state index < -0.39 is 12.4 Å². The van der Waals surface area contributed by atoms with Crippen LogP contribution in [0.15, 0.2) is 30.5 Å². The van der Waals surface area contributed by atoms with Gasteiger partial charge in [-0.3, -0.25) is 0 Å². The molecule has 2 heterocycles. The monoisotopic (exact) mass is 391 g/mol. The maximum atomic E-state index is 14.3. The first-order valence-electron chi connectivity index (χ1n) is 7.81. The van der Waals surface area contributed by atoms with E-state index in [1.54, 1.807) is 12.1 Å². The van der Waals surface area contributed by atoms with Crippen LogP contribution in [0.1, 0.15) is 5.56 Å². The van der Waals surface area contributed by atoms with Crippen molar-refractivity contribution in [2.75, 3.05) is 7.11 Å². The van der Waals surface area contributed by atoms with E-state index in [1.165, 1.54) is 24.5 Å². The Morgan fingerprint density at radius 3 is 2.63 bits per heavy atom. The van der Waals surface area contributed by atoms with Gasteiger partial charge in [-0.15, -0.1) is 11.3 Å². The van der Waals surface area contributed by atoms with E-state index in [0.29, 0.717) is 32.1 Å². The largest absolute Gasteiger partial charge is 0.497 e. The number of hydrogen-bond donors (Lipinski definition) is 0. The zero-order valence-electron chi connectivity index (χ0n) is 14.2. The minimum Gasteiger partial charge on any atom is -0.497 e. The van der Waals surface area contributed by atoms with Crippen molar-refractivity contribution >= 4 is 32.6 Å². The number of methoxy groups -OCH3 is 1. The van der Waals surface area contributed by atoms with E-state index >= 15 is 0 Å². The molecular weight excluding hydrogens is 379 g/mol.